The third kappa shape index (κ3) is 5.68. The van der Waals surface area contributed by atoms with Crippen molar-refractivity contribution in [3.63, 3.8) is 0 Å². The second kappa shape index (κ2) is 8.79. The SMILES string of the molecule is COC(=O)C(N)CCCC1CCOCC1.Cl. The number of hydrogen-bond acceptors (Lipinski definition) is 4. The zero-order valence-corrected chi connectivity index (χ0v) is 10.6. The Hall–Kier alpha value is -0.320. The lowest BCUT2D eigenvalue weighted by atomic mass is 9.93. The summed E-state index contributed by atoms with van der Waals surface area (Å²) < 4.78 is 9.85. The maximum atomic E-state index is 11.0. The first kappa shape index (κ1) is 15.7. The Bertz CT molecular complexity index is 196. The third-order valence-corrected chi connectivity index (χ3v) is 2.97. The molecule has 0 bridgehead atoms. The van der Waals surface area contributed by atoms with Crippen molar-refractivity contribution in [1.29, 1.82) is 0 Å². The summed E-state index contributed by atoms with van der Waals surface area (Å²) in [7, 11) is 1.38. The lowest BCUT2D eigenvalue weighted by Crippen LogP contribution is -2.31. The second-order valence-electron chi connectivity index (χ2n) is 4.12. The van der Waals surface area contributed by atoms with Crippen LogP contribution in [0.3, 0.4) is 0 Å². The van der Waals surface area contributed by atoms with Crippen molar-refractivity contribution in [2.24, 2.45) is 11.7 Å². The molecule has 1 atom stereocenters. The van der Waals surface area contributed by atoms with Crippen LogP contribution in [0, 0.1) is 5.92 Å². The maximum absolute atomic E-state index is 11.0. The Morgan fingerprint density at radius 1 is 1.50 bits per heavy atom. The third-order valence-electron chi connectivity index (χ3n) is 2.97. The van der Waals surface area contributed by atoms with Gasteiger partial charge in [-0.1, -0.05) is 12.8 Å². The minimum Gasteiger partial charge on any atom is -0.468 e. The number of carbonyl (C=O) groups is 1. The predicted octanol–water partition coefficient (Wildman–Crippen LogP) is 1.51. The van der Waals surface area contributed by atoms with Crippen LogP contribution in [0.2, 0.25) is 0 Å². The van der Waals surface area contributed by atoms with Crippen molar-refractivity contribution >= 4 is 18.4 Å². The number of halogens is 1. The Labute approximate surface area is 103 Å². The summed E-state index contributed by atoms with van der Waals surface area (Å²) in [6, 6.07) is -0.449. The fourth-order valence-electron chi connectivity index (χ4n) is 1.93. The Morgan fingerprint density at radius 3 is 2.69 bits per heavy atom. The largest absolute Gasteiger partial charge is 0.468 e. The number of methoxy groups -OCH3 is 1. The molecule has 0 aromatic heterocycles. The van der Waals surface area contributed by atoms with Crippen LogP contribution >= 0.6 is 12.4 Å². The van der Waals surface area contributed by atoms with Gasteiger partial charge in [0.2, 0.25) is 0 Å². The van der Waals surface area contributed by atoms with Gasteiger partial charge in [0.25, 0.3) is 0 Å². The van der Waals surface area contributed by atoms with Gasteiger partial charge in [-0.05, 0) is 25.2 Å². The van der Waals surface area contributed by atoms with Gasteiger partial charge < -0.3 is 15.2 Å². The number of hydrogen-bond donors (Lipinski definition) is 1. The van der Waals surface area contributed by atoms with Gasteiger partial charge in [-0.2, -0.15) is 0 Å². The molecule has 0 radical (unpaired) electrons. The zero-order valence-electron chi connectivity index (χ0n) is 9.81. The molecular weight excluding hydrogens is 230 g/mol. The van der Waals surface area contributed by atoms with E-state index in [0.29, 0.717) is 0 Å². The standard InChI is InChI=1S/C11H21NO3.ClH/c1-14-11(13)10(12)4-2-3-9-5-7-15-8-6-9;/h9-10H,2-8,12H2,1H3;1H. The van der Waals surface area contributed by atoms with E-state index in [4.69, 9.17) is 10.5 Å². The minimum atomic E-state index is -0.449. The lowest BCUT2D eigenvalue weighted by molar-refractivity contribution is -0.142. The summed E-state index contributed by atoms with van der Waals surface area (Å²) in [5.41, 5.74) is 5.64. The Kier molecular flexibility index (Phi) is 8.61. The average molecular weight is 252 g/mol. The van der Waals surface area contributed by atoms with Crippen molar-refractivity contribution in [2.75, 3.05) is 20.3 Å². The molecule has 1 aliphatic rings. The van der Waals surface area contributed by atoms with Crippen LogP contribution in [0.25, 0.3) is 0 Å². The highest BCUT2D eigenvalue weighted by molar-refractivity contribution is 5.85. The first-order valence-electron chi connectivity index (χ1n) is 5.65. The van der Waals surface area contributed by atoms with Crippen molar-refractivity contribution in [3.8, 4) is 0 Å². The van der Waals surface area contributed by atoms with Gasteiger partial charge >= 0.3 is 5.97 Å². The van der Waals surface area contributed by atoms with Crippen molar-refractivity contribution in [2.45, 2.75) is 38.1 Å². The van der Waals surface area contributed by atoms with Gasteiger partial charge in [0, 0.05) is 13.2 Å². The molecule has 0 aromatic rings. The molecule has 4 nitrogen and oxygen atoms in total. The van der Waals surface area contributed by atoms with E-state index in [1.54, 1.807) is 0 Å². The smallest absolute Gasteiger partial charge is 0.322 e. The summed E-state index contributed by atoms with van der Waals surface area (Å²) in [6.45, 7) is 1.77. The number of ether oxygens (including phenoxy) is 2. The Balaban J connectivity index is 0.00000225. The van der Waals surface area contributed by atoms with Crippen LogP contribution < -0.4 is 5.73 Å². The summed E-state index contributed by atoms with van der Waals surface area (Å²) >= 11 is 0. The van der Waals surface area contributed by atoms with Gasteiger partial charge in [-0.25, -0.2) is 0 Å². The first-order valence-corrected chi connectivity index (χ1v) is 5.65. The van der Waals surface area contributed by atoms with E-state index < -0.39 is 6.04 Å². The van der Waals surface area contributed by atoms with Gasteiger partial charge in [-0.3, -0.25) is 4.79 Å². The molecule has 1 heterocycles. The Morgan fingerprint density at radius 2 is 2.12 bits per heavy atom. The molecule has 1 unspecified atom stereocenters. The average Bonchev–Trinajstić information content (AvgIpc) is 2.29. The molecule has 2 N–H and O–H groups in total. The molecule has 1 fully saturated rings. The molecule has 5 heteroatoms. The van der Waals surface area contributed by atoms with Crippen LogP contribution in [-0.4, -0.2) is 32.3 Å². The molecule has 1 rings (SSSR count). The molecule has 0 aromatic carbocycles. The fraction of sp³-hybridized carbons (Fsp3) is 0.909. The monoisotopic (exact) mass is 251 g/mol. The maximum Gasteiger partial charge on any atom is 0.322 e. The van der Waals surface area contributed by atoms with Crippen LogP contribution in [0.1, 0.15) is 32.1 Å². The van der Waals surface area contributed by atoms with Crippen LogP contribution in [0.4, 0.5) is 0 Å². The van der Waals surface area contributed by atoms with E-state index in [-0.39, 0.29) is 18.4 Å². The lowest BCUT2D eigenvalue weighted by Gasteiger charge is -2.22. The van der Waals surface area contributed by atoms with E-state index >= 15 is 0 Å². The highest BCUT2D eigenvalue weighted by Gasteiger charge is 2.16. The van der Waals surface area contributed by atoms with E-state index in [2.05, 4.69) is 4.74 Å². The molecule has 0 amide bonds. The van der Waals surface area contributed by atoms with Gasteiger partial charge in [-0.15, -0.1) is 12.4 Å². The summed E-state index contributed by atoms with van der Waals surface area (Å²) in [4.78, 5) is 11.0. The molecule has 0 spiro atoms. The van der Waals surface area contributed by atoms with Crippen molar-refractivity contribution in [3.05, 3.63) is 0 Å². The fourth-order valence-corrected chi connectivity index (χ4v) is 1.93. The van der Waals surface area contributed by atoms with Gasteiger partial charge in [0.1, 0.15) is 6.04 Å². The van der Waals surface area contributed by atoms with Gasteiger partial charge in [0.05, 0.1) is 7.11 Å². The topological polar surface area (TPSA) is 61.5 Å². The summed E-state index contributed by atoms with van der Waals surface area (Å²) in [5.74, 6) is 0.450. The quantitative estimate of drug-likeness (QED) is 0.753. The molecule has 0 aliphatic carbocycles. The summed E-state index contributed by atoms with van der Waals surface area (Å²) in [6.07, 6.45) is 5.17. The molecule has 16 heavy (non-hydrogen) atoms. The molecule has 1 saturated heterocycles. The number of carbonyl (C=O) groups excluding carboxylic acids is 1. The minimum absolute atomic E-state index is 0. The van der Waals surface area contributed by atoms with Crippen LogP contribution in [-0.2, 0) is 14.3 Å². The van der Waals surface area contributed by atoms with E-state index in [1.165, 1.54) is 7.11 Å². The van der Waals surface area contributed by atoms with E-state index in [9.17, 15) is 4.79 Å². The summed E-state index contributed by atoms with van der Waals surface area (Å²) in [5, 5.41) is 0. The number of rotatable bonds is 5. The van der Waals surface area contributed by atoms with E-state index in [1.807, 2.05) is 0 Å². The van der Waals surface area contributed by atoms with Gasteiger partial charge in [0.15, 0.2) is 0 Å². The molecule has 1 aliphatic heterocycles. The molecular formula is C11H22ClNO3. The highest BCUT2D eigenvalue weighted by Crippen LogP contribution is 2.21. The number of nitrogens with two attached hydrogens (primary N) is 1. The normalized spacial score (nSPS) is 18.6. The van der Waals surface area contributed by atoms with Crippen molar-refractivity contribution < 1.29 is 14.3 Å². The molecule has 0 saturated carbocycles. The van der Waals surface area contributed by atoms with Crippen LogP contribution in [0.15, 0.2) is 0 Å². The first-order chi connectivity index (χ1) is 7.24. The van der Waals surface area contributed by atoms with Crippen LogP contribution in [0.5, 0.6) is 0 Å². The zero-order chi connectivity index (χ0) is 11.1. The second-order valence-corrected chi connectivity index (χ2v) is 4.12. The van der Waals surface area contributed by atoms with E-state index in [0.717, 1.165) is 51.2 Å². The molecule has 96 valence electrons. The van der Waals surface area contributed by atoms with Crippen molar-refractivity contribution in [1.82, 2.24) is 0 Å². The highest BCUT2D eigenvalue weighted by atomic mass is 35.5. The number of esters is 1. The predicted molar refractivity (Wildman–Crippen MR) is 64.6 cm³/mol.